The number of rotatable bonds is 18. The second-order valence-corrected chi connectivity index (χ2v) is 7.93. The number of quaternary nitrogens is 1. The lowest BCUT2D eigenvalue weighted by Crippen LogP contribution is -2.46. The maximum atomic E-state index is 11.7. The summed E-state index contributed by atoms with van der Waals surface area (Å²) in [6.45, 7) is 8.41. The Morgan fingerprint density at radius 1 is 0.731 bits per heavy atom. The van der Waals surface area contributed by atoms with Gasteiger partial charge in [0.25, 0.3) is 0 Å². The topological polar surface area (TPSA) is 76.6 Å². The molecule has 0 rings (SSSR count). The van der Waals surface area contributed by atoms with Crippen LogP contribution in [0.2, 0.25) is 0 Å². The first-order chi connectivity index (χ1) is 12.1. The van der Waals surface area contributed by atoms with Crippen molar-refractivity contribution in [2.75, 3.05) is 0 Å². The van der Waals surface area contributed by atoms with E-state index in [0.717, 1.165) is 12.8 Å². The summed E-state index contributed by atoms with van der Waals surface area (Å²) in [5.74, 6) is -0.557. The molecule has 0 saturated heterocycles. The van der Waals surface area contributed by atoms with Crippen LogP contribution in [0.5, 0.6) is 0 Å². The van der Waals surface area contributed by atoms with Crippen molar-refractivity contribution in [3.8, 4) is 0 Å². The highest BCUT2D eigenvalue weighted by Gasteiger charge is 2.35. The summed E-state index contributed by atoms with van der Waals surface area (Å²) >= 11 is 0. The number of hydrogen-bond donors (Lipinski definition) is 1. The molecule has 0 saturated carbocycles. The molecule has 3 nitrogen and oxygen atoms in total. The van der Waals surface area contributed by atoms with Crippen molar-refractivity contribution in [2.45, 2.75) is 130 Å². The number of carboxylic acid groups (broad SMARTS) is 1. The van der Waals surface area contributed by atoms with Gasteiger partial charge in [-0.1, -0.05) is 111 Å². The molecule has 0 radical (unpaired) electrons. The monoisotopic (exact) mass is 371 g/mol. The fourth-order valence-electron chi connectivity index (χ4n) is 4.39. The molecule has 0 fully saturated rings. The molecule has 1 atom stereocenters. The van der Waals surface area contributed by atoms with Gasteiger partial charge in [0.1, 0.15) is 0 Å². The van der Waals surface area contributed by atoms with E-state index in [1.54, 1.807) is 0 Å². The molecule has 158 valence electrons. The van der Waals surface area contributed by atoms with Crippen molar-refractivity contribution < 1.29 is 9.90 Å². The Balaban J connectivity index is 0. The zero-order chi connectivity index (χ0) is 19.0. The predicted molar refractivity (Wildman–Crippen MR) is 113 cm³/mol. The number of aliphatic carboxylic acids is 1. The highest BCUT2D eigenvalue weighted by molar-refractivity contribution is 5.72. The Bertz CT molecular complexity index is 313. The molecule has 0 aliphatic heterocycles. The van der Waals surface area contributed by atoms with Crippen LogP contribution in [0.1, 0.15) is 130 Å². The molecule has 1 unspecified atom stereocenters. The van der Waals surface area contributed by atoms with Crippen LogP contribution < -0.4 is 11.3 Å². The van der Waals surface area contributed by atoms with Gasteiger partial charge >= 0.3 is 0 Å². The number of hydrogen-bond acceptors (Lipinski definition) is 2. The summed E-state index contributed by atoms with van der Waals surface area (Å²) < 4.78 is 0. The summed E-state index contributed by atoms with van der Waals surface area (Å²) in [5.41, 5.74) is -0.605. The standard InChI is InChI=1S/C23H46O2.H3N/c1-5-9-10-11-12-13-14-15-16-17-18-19-20-21(6-2)23(7-3,8-4)22(24)25;/h21H,5-20H2,1-4H3,(H,24,25);1H3. The Morgan fingerprint density at radius 2 is 1.12 bits per heavy atom. The maximum Gasteiger partial charge on any atom is 0.0478 e. The SMILES string of the molecule is CCCCCCCCCCCCCCC(CC)C(CC)(CC)C(=O)[O-].[NH4+]. The normalized spacial score (nSPS) is 12.6. The molecule has 0 aromatic heterocycles. The summed E-state index contributed by atoms with van der Waals surface area (Å²) in [7, 11) is 0. The van der Waals surface area contributed by atoms with Crippen LogP contribution in [0.25, 0.3) is 0 Å². The molecule has 0 aromatic carbocycles. The van der Waals surface area contributed by atoms with E-state index in [-0.39, 0.29) is 12.1 Å². The smallest absolute Gasteiger partial charge is 0.0478 e. The lowest BCUT2D eigenvalue weighted by atomic mass is 9.68. The molecule has 0 amide bonds. The van der Waals surface area contributed by atoms with Gasteiger partial charge in [-0.3, -0.25) is 0 Å². The Kier molecular flexibility index (Phi) is 19.0. The van der Waals surface area contributed by atoms with E-state index >= 15 is 0 Å². The van der Waals surface area contributed by atoms with Crippen molar-refractivity contribution >= 4 is 5.97 Å². The van der Waals surface area contributed by atoms with E-state index < -0.39 is 11.4 Å². The Hall–Kier alpha value is -0.570. The highest BCUT2D eigenvalue weighted by atomic mass is 16.4. The average Bonchev–Trinajstić information content (AvgIpc) is 2.61. The minimum atomic E-state index is -0.830. The number of unbranched alkanes of at least 4 members (excludes halogenated alkanes) is 11. The molecule has 0 aliphatic rings. The van der Waals surface area contributed by atoms with E-state index in [9.17, 15) is 9.90 Å². The highest BCUT2D eigenvalue weighted by Crippen LogP contribution is 2.40. The fraction of sp³-hybridized carbons (Fsp3) is 0.957. The zero-order valence-electron chi connectivity index (χ0n) is 18.7. The first kappa shape index (κ1) is 27.6. The Labute approximate surface area is 164 Å². The molecular formula is C23H49NO2. The average molecular weight is 372 g/mol. The summed E-state index contributed by atoms with van der Waals surface area (Å²) in [4.78, 5) is 11.7. The lowest BCUT2D eigenvalue weighted by Gasteiger charge is -2.40. The summed E-state index contributed by atoms with van der Waals surface area (Å²) in [6.07, 6.45) is 19.6. The predicted octanol–water partition coefficient (Wildman–Crippen LogP) is 7.04. The van der Waals surface area contributed by atoms with Gasteiger partial charge in [-0.2, -0.15) is 0 Å². The molecule has 0 spiro atoms. The van der Waals surface area contributed by atoms with Crippen molar-refractivity contribution in [3.05, 3.63) is 0 Å². The quantitative estimate of drug-likeness (QED) is 0.262. The molecule has 4 N–H and O–H groups in total. The second kappa shape index (κ2) is 17.8. The van der Waals surface area contributed by atoms with E-state index in [1.807, 2.05) is 13.8 Å². The van der Waals surface area contributed by atoms with Gasteiger partial charge in [-0.25, -0.2) is 0 Å². The van der Waals surface area contributed by atoms with E-state index in [2.05, 4.69) is 13.8 Å². The molecule has 3 heteroatoms. The van der Waals surface area contributed by atoms with Crippen LogP contribution in [0, 0.1) is 11.3 Å². The third kappa shape index (κ3) is 10.5. The summed E-state index contributed by atoms with van der Waals surface area (Å²) in [5, 5.41) is 11.7. The minimum Gasteiger partial charge on any atom is -0.550 e. The first-order valence-corrected chi connectivity index (χ1v) is 11.3. The third-order valence-corrected chi connectivity index (χ3v) is 6.35. The molecule has 0 heterocycles. The van der Waals surface area contributed by atoms with Crippen LogP contribution >= 0.6 is 0 Å². The van der Waals surface area contributed by atoms with Crippen molar-refractivity contribution in [3.63, 3.8) is 0 Å². The molecule has 0 aliphatic carbocycles. The number of carbonyl (C=O) groups excluding carboxylic acids is 1. The molecule has 26 heavy (non-hydrogen) atoms. The van der Waals surface area contributed by atoms with E-state index in [1.165, 1.54) is 77.0 Å². The second-order valence-electron chi connectivity index (χ2n) is 7.93. The van der Waals surface area contributed by atoms with Crippen molar-refractivity contribution in [2.24, 2.45) is 11.3 Å². The van der Waals surface area contributed by atoms with Crippen molar-refractivity contribution in [1.82, 2.24) is 6.15 Å². The van der Waals surface area contributed by atoms with Crippen LogP contribution in [-0.2, 0) is 4.79 Å². The van der Waals surface area contributed by atoms with E-state index in [4.69, 9.17) is 0 Å². The first-order valence-electron chi connectivity index (χ1n) is 11.3. The fourth-order valence-corrected chi connectivity index (χ4v) is 4.39. The largest absolute Gasteiger partial charge is 0.550 e. The Morgan fingerprint density at radius 3 is 1.42 bits per heavy atom. The zero-order valence-corrected chi connectivity index (χ0v) is 18.7. The van der Waals surface area contributed by atoms with Gasteiger partial charge in [0.2, 0.25) is 0 Å². The molecular weight excluding hydrogens is 322 g/mol. The van der Waals surface area contributed by atoms with Gasteiger partial charge < -0.3 is 16.1 Å². The van der Waals surface area contributed by atoms with Gasteiger partial charge in [0.05, 0.1) is 0 Å². The van der Waals surface area contributed by atoms with Crippen LogP contribution in [0.3, 0.4) is 0 Å². The van der Waals surface area contributed by atoms with Crippen LogP contribution in [0.15, 0.2) is 0 Å². The maximum absolute atomic E-state index is 11.7. The molecule has 0 aromatic rings. The van der Waals surface area contributed by atoms with Crippen LogP contribution in [0.4, 0.5) is 0 Å². The van der Waals surface area contributed by atoms with Gasteiger partial charge in [0.15, 0.2) is 0 Å². The minimum absolute atomic E-state index is 0. The van der Waals surface area contributed by atoms with Gasteiger partial charge in [-0.05, 0) is 25.2 Å². The van der Waals surface area contributed by atoms with Crippen molar-refractivity contribution in [1.29, 1.82) is 0 Å². The van der Waals surface area contributed by atoms with Gasteiger partial charge in [-0.15, -0.1) is 0 Å². The number of carboxylic acids is 1. The van der Waals surface area contributed by atoms with Crippen LogP contribution in [-0.4, -0.2) is 5.97 Å². The number of carbonyl (C=O) groups is 1. The third-order valence-electron chi connectivity index (χ3n) is 6.35. The summed E-state index contributed by atoms with van der Waals surface area (Å²) in [6, 6.07) is 0. The molecule has 0 bridgehead atoms. The van der Waals surface area contributed by atoms with E-state index in [0.29, 0.717) is 12.8 Å². The lowest BCUT2D eigenvalue weighted by molar-refractivity contribution is -0.323. The van der Waals surface area contributed by atoms with Gasteiger partial charge in [0, 0.05) is 11.4 Å².